The highest BCUT2D eigenvalue weighted by Crippen LogP contribution is 2.38. The Hall–Kier alpha value is -6.79. The Bertz CT molecular complexity index is 2720. The molecule has 4 aromatic carbocycles. The average Bonchev–Trinajstić information content (AvgIpc) is 3.92. The largest absolute Gasteiger partial charge is 0.488 e. The fourth-order valence-corrected chi connectivity index (χ4v) is 9.08. The number of anilines is 1. The van der Waals surface area contributed by atoms with E-state index in [-0.39, 0.29) is 55.5 Å². The predicted octanol–water partition coefficient (Wildman–Crippen LogP) is 6.37. The lowest BCUT2D eigenvalue weighted by atomic mass is 9.89. The van der Waals surface area contributed by atoms with Gasteiger partial charge >= 0.3 is 0 Å². The van der Waals surface area contributed by atoms with Crippen molar-refractivity contribution in [1.29, 1.82) is 5.26 Å². The normalized spacial score (nSPS) is 17.0. The molecular weight excluding hydrogens is 856 g/mol. The molecule has 0 saturated carbocycles. The van der Waals surface area contributed by atoms with Crippen molar-refractivity contribution in [2.75, 3.05) is 44.7 Å². The number of amides is 4. The number of likely N-dealkylation sites (N-methyl/N-ethyl adjacent to an activating group) is 1. The molecule has 3 aliphatic heterocycles. The first kappa shape index (κ1) is 45.8. The van der Waals surface area contributed by atoms with E-state index in [9.17, 15) is 24.4 Å². The van der Waals surface area contributed by atoms with Crippen LogP contribution in [0.3, 0.4) is 0 Å². The molecule has 3 aliphatic rings. The number of carbonyl (C=O) groups excluding carboxylic acids is 4. The molecule has 2 atom stereocenters. The van der Waals surface area contributed by atoms with Gasteiger partial charge in [0.25, 0.3) is 5.91 Å². The first-order valence-electron chi connectivity index (χ1n) is 22.3. The molecule has 0 spiro atoms. The van der Waals surface area contributed by atoms with Gasteiger partial charge in [0.05, 0.1) is 21.8 Å². The zero-order valence-electron chi connectivity index (χ0n) is 37.3. The van der Waals surface area contributed by atoms with Crippen LogP contribution in [-0.4, -0.2) is 85.4 Å². The number of fused-ring (bicyclic) bond motifs is 1. The van der Waals surface area contributed by atoms with Crippen molar-refractivity contribution in [1.82, 2.24) is 31.2 Å². The molecule has 0 unspecified atom stereocenters. The highest BCUT2D eigenvalue weighted by Gasteiger charge is 2.31. The van der Waals surface area contributed by atoms with Crippen LogP contribution in [0.1, 0.15) is 69.4 Å². The van der Waals surface area contributed by atoms with Crippen LogP contribution in [-0.2, 0) is 34.1 Å². The molecule has 340 valence electrons. The first-order valence-corrected chi connectivity index (χ1v) is 22.6. The van der Waals surface area contributed by atoms with E-state index in [0.717, 1.165) is 62.9 Å². The van der Waals surface area contributed by atoms with Gasteiger partial charge in [-0.25, -0.2) is 0 Å². The molecule has 4 amide bonds. The molecule has 66 heavy (non-hydrogen) atoms. The van der Waals surface area contributed by atoms with Crippen LogP contribution in [0.15, 0.2) is 85.2 Å². The van der Waals surface area contributed by atoms with Gasteiger partial charge in [0.1, 0.15) is 37.3 Å². The Morgan fingerprint density at radius 2 is 1.48 bits per heavy atom. The number of nitriles is 1. The van der Waals surface area contributed by atoms with E-state index in [1.54, 1.807) is 30.3 Å². The summed E-state index contributed by atoms with van der Waals surface area (Å²) < 4.78 is 12.8. The third-order valence-electron chi connectivity index (χ3n) is 12.5. The van der Waals surface area contributed by atoms with Gasteiger partial charge in [-0.05, 0) is 89.9 Å². The van der Waals surface area contributed by atoms with Crippen LogP contribution in [0.5, 0.6) is 11.5 Å². The van der Waals surface area contributed by atoms with Crippen LogP contribution >= 0.6 is 11.6 Å². The van der Waals surface area contributed by atoms with Crippen molar-refractivity contribution in [2.45, 2.75) is 71.4 Å². The van der Waals surface area contributed by atoms with Gasteiger partial charge in [0, 0.05) is 94.3 Å². The third kappa shape index (κ3) is 10.5. The molecule has 2 saturated heterocycles. The molecule has 4 heterocycles. The number of rotatable bonds is 17. The Balaban J connectivity index is 1.00. The Morgan fingerprint density at radius 1 is 0.788 bits per heavy atom. The minimum Gasteiger partial charge on any atom is -0.488 e. The number of hydrogen-bond acceptors (Lipinski definition) is 10. The molecular formula is C51H53ClN8O6. The molecule has 8 rings (SSSR count). The summed E-state index contributed by atoms with van der Waals surface area (Å²) in [5.41, 5.74) is 9.95. The lowest BCUT2D eigenvalue weighted by Crippen LogP contribution is -2.43. The molecule has 0 radical (unpaired) electrons. The second-order valence-electron chi connectivity index (χ2n) is 17.1. The van der Waals surface area contributed by atoms with Crippen molar-refractivity contribution < 1.29 is 28.7 Å². The maximum Gasteiger partial charge on any atom is 0.256 e. The number of halogens is 1. The molecule has 14 nitrogen and oxygen atoms in total. The average molecular weight is 909 g/mol. The quantitative estimate of drug-likeness (QED) is 0.0767. The van der Waals surface area contributed by atoms with Gasteiger partial charge < -0.3 is 40.5 Å². The summed E-state index contributed by atoms with van der Waals surface area (Å²) in [5.74, 6) is 0.756. The standard InChI is InChI=1S/C51H53ClN8O6/c1-31-36(30-66-47-21-46(65-29-34-18-33(22-53)23-55-24-34)37(20-44(47)52)25-56-27-39-12-15-49(62)58-39)6-4-8-41(31)42-9-5-7-40(32(42)2)35-10-13-45-43(19-35)51(64)59(3)28-50(63)60(45)17-16-54-26-38-11-14-48(61)57-38/h4-10,13,18-21,23-24,38-39,54,56H,11-12,14-17,25-30H2,1-3H3,(H,57,61)(H,58,62)/t38-,39-/m0/s1. The van der Waals surface area contributed by atoms with Crippen LogP contribution in [0.2, 0.25) is 5.02 Å². The smallest absolute Gasteiger partial charge is 0.256 e. The molecule has 2 fully saturated rings. The maximum atomic E-state index is 13.8. The highest BCUT2D eigenvalue weighted by atomic mass is 35.5. The van der Waals surface area contributed by atoms with Crippen molar-refractivity contribution >= 4 is 40.9 Å². The van der Waals surface area contributed by atoms with E-state index < -0.39 is 0 Å². The molecule has 0 bridgehead atoms. The fourth-order valence-electron chi connectivity index (χ4n) is 8.84. The van der Waals surface area contributed by atoms with E-state index in [2.05, 4.69) is 58.3 Å². The zero-order valence-corrected chi connectivity index (χ0v) is 38.1. The van der Waals surface area contributed by atoms with Crippen LogP contribution in [0.4, 0.5) is 5.69 Å². The molecule has 5 aromatic rings. The number of benzene rings is 4. The van der Waals surface area contributed by atoms with Gasteiger partial charge in [0.15, 0.2) is 0 Å². The van der Waals surface area contributed by atoms with E-state index in [1.165, 1.54) is 11.1 Å². The summed E-state index contributed by atoms with van der Waals surface area (Å²) >= 11 is 6.88. The second-order valence-corrected chi connectivity index (χ2v) is 17.5. The van der Waals surface area contributed by atoms with E-state index >= 15 is 0 Å². The molecule has 1 aromatic heterocycles. The predicted molar refractivity (Wildman–Crippen MR) is 252 cm³/mol. The number of carbonyl (C=O) groups is 4. The number of nitrogens with zero attached hydrogens (tertiary/aromatic N) is 4. The van der Waals surface area contributed by atoms with Gasteiger partial charge in [0.2, 0.25) is 17.7 Å². The van der Waals surface area contributed by atoms with Gasteiger partial charge in [-0.15, -0.1) is 0 Å². The van der Waals surface area contributed by atoms with Crippen molar-refractivity contribution in [3.63, 3.8) is 0 Å². The lowest BCUT2D eigenvalue weighted by Gasteiger charge is -2.23. The fraction of sp³-hybridized carbons (Fsp3) is 0.333. The number of hydrogen-bond donors (Lipinski definition) is 4. The van der Waals surface area contributed by atoms with E-state index in [1.807, 2.05) is 48.5 Å². The number of aromatic nitrogens is 1. The van der Waals surface area contributed by atoms with Crippen molar-refractivity contribution in [3.8, 4) is 39.8 Å². The topological polar surface area (TPSA) is 178 Å². The Morgan fingerprint density at radius 3 is 2.21 bits per heavy atom. The SMILES string of the molecule is Cc1c(COc2cc(OCc3cncc(C#N)c3)c(CNC[C@@H]3CCC(=O)N3)cc2Cl)cccc1-c1cccc(-c2ccc3c(c2)C(=O)N(C)CC(=O)N3CCNC[C@@H]2CCC(=O)N2)c1C. The summed E-state index contributed by atoms with van der Waals surface area (Å²) in [6.07, 6.45) is 5.78. The molecule has 0 aliphatic carbocycles. The molecule has 4 N–H and O–H groups in total. The summed E-state index contributed by atoms with van der Waals surface area (Å²) in [4.78, 5) is 57.9. The van der Waals surface area contributed by atoms with Crippen LogP contribution in [0, 0.1) is 25.2 Å². The number of nitrogens with one attached hydrogen (secondary N) is 4. The van der Waals surface area contributed by atoms with E-state index in [4.69, 9.17) is 21.1 Å². The number of ether oxygens (including phenoxy) is 2. The Labute approximate surface area is 389 Å². The lowest BCUT2D eigenvalue weighted by molar-refractivity contribution is -0.120. The van der Waals surface area contributed by atoms with Crippen LogP contribution < -0.4 is 35.6 Å². The minimum atomic E-state index is -0.218. The minimum absolute atomic E-state index is 0.0281. The Kier molecular flexibility index (Phi) is 14.3. The van der Waals surface area contributed by atoms with Gasteiger partial charge in [-0.3, -0.25) is 24.2 Å². The maximum absolute atomic E-state index is 13.8. The monoisotopic (exact) mass is 908 g/mol. The van der Waals surface area contributed by atoms with Gasteiger partial charge in [-0.1, -0.05) is 54.1 Å². The highest BCUT2D eigenvalue weighted by molar-refractivity contribution is 6.32. The summed E-state index contributed by atoms with van der Waals surface area (Å²) in [6, 6.07) is 25.6. The first-order chi connectivity index (χ1) is 31.9. The van der Waals surface area contributed by atoms with Crippen molar-refractivity contribution in [2.24, 2.45) is 0 Å². The third-order valence-corrected chi connectivity index (χ3v) is 12.8. The van der Waals surface area contributed by atoms with Crippen LogP contribution in [0.25, 0.3) is 22.3 Å². The number of pyridine rings is 1. The zero-order chi connectivity index (χ0) is 46.3. The second kappa shape index (κ2) is 20.6. The van der Waals surface area contributed by atoms with Crippen molar-refractivity contribution in [3.05, 3.63) is 129 Å². The van der Waals surface area contributed by atoms with E-state index in [0.29, 0.717) is 78.9 Å². The summed E-state index contributed by atoms with van der Waals surface area (Å²) in [6.45, 7) is 7.07. The van der Waals surface area contributed by atoms with Gasteiger partial charge in [-0.2, -0.15) is 5.26 Å². The summed E-state index contributed by atoms with van der Waals surface area (Å²) in [5, 5.41) is 22.5. The molecule has 15 heteroatoms. The summed E-state index contributed by atoms with van der Waals surface area (Å²) in [7, 11) is 1.65.